The third-order valence-electron chi connectivity index (χ3n) is 0. The molecule has 0 rings (SSSR count). The second kappa shape index (κ2) is 12.3. The van der Waals surface area contributed by atoms with Crippen molar-refractivity contribution in [2.75, 3.05) is 0 Å². The fourth-order valence-corrected chi connectivity index (χ4v) is 0. The molecule has 64 valence electrons. The SMILES string of the molecule is [Al+3].[B+3].[O-][Si]([O-])([O-])[O-].[O-][Si]([O-])([O-])[O-].[Sr+2]. The van der Waals surface area contributed by atoms with E-state index in [9.17, 15) is 0 Å². The molecule has 0 atom stereocenters. The molecule has 8 nitrogen and oxygen atoms in total. The van der Waals surface area contributed by atoms with E-state index in [4.69, 9.17) is 38.4 Å². The minimum atomic E-state index is -5.61. The normalized spacial score (nSPS) is 9.23. The van der Waals surface area contributed by atoms with Crippen molar-refractivity contribution < 1.29 is 38.4 Å². The molecule has 13 heavy (non-hydrogen) atoms. The van der Waals surface area contributed by atoms with Crippen molar-refractivity contribution >= 4 is 89.4 Å². The molecule has 0 aliphatic heterocycles. The zero-order valence-electron chi connectivity index (χ0n) is 6.13. The van der Waals surface area contributed by atoms with Crippen LogP contribution >= 0.6 is 0 Å². The van der Waals surface area contributed by atoms with Crippen LogP contribution in [0.4, 0.5) is 0 Å². The maximum absolute atomic E-state index is 8.58. The molecule has 0 fully saturated rings. The largest absolute Gasteiger partial charge is 3.00 e. The standard InChI is InChI=1S/Al.B.2O4Si.Sr/c;;2*1-5(2,3)4;/q2*+3;2*-4;+2. The predicted molar refractivity (Wildman–Crippen MR) is 28.8 cm³/mol. The van der Waals surface area contributed by atoms with Crippen LogP contribution in [0.15, 0.2) is 0 Å². The van der Waals surface area contributed by atoms with Crippen LogP contribution in [0.3, 0.4) is 0 Å². The van der Waals surface area contributed by atoms with Crippen molar-refractivity contribution in [3.05, 3.63) is 0 Å². The van der Waals surface area contributed by atoms with E-state index >= 15 is 0 Å². The van der Waals surface area contributed by atoms with Gasteiger partial charge in [-0.3, -0.25) is 0 Å². The van der Waals surface area contributed by atoms with E-state index in [2.05, 4.69) is 0 Å². The van der Waals surface area contributed by atoms with Crippen LogP contribution in [0, 0.1) is 0 Å². The summed E-state index contributed by atoms with van der Waals surface area (Å²) in [4.78, 5) is 68.6. The molecule has 0 aromatic carbocycles. The van der Waals surface area contributed by atoms with E-state index in [0.717, 1.165) is 0 Å². The summed E-state index contributed by atoms with van der Waals surface area (Å²) < 4.78 is 0. The average molecular weight is 310 g/mol. The van der Waals surface area contributed by atoms with E-state index in [1.807, 2.05) is 0 Å². The Bertz CT molecular complexity index is 65.1. The van der Waals surface area contributed by atoms with Gasteiger partial charge in [0.2, 0.25) is 0 Å². The van der Waals surface area contributed by atoms with Gasteiger partial charge in [0.15, 0.2) is 0 Å². The number of hydrogen-bond donors (Lipinski definition) is 0. The molecule has 13 heteroatoms. The molecule has 0 aromatic heterocycles. The van der Waals surface area contributed by atoms with Gasteiger partial charge in [0.25, 0.3) is 0 Å². The van der Waals surface area contributed by atoms with Gasteiger partial charge in [-0.2, -0.15) is 0 Å². The second-order valence-corrected chi connectivity index (χ2v) is 3.00. The minimum absolute atomic E-state index is 0. The molecule has 0 heterocycles. The fourth-order valence-electron chi connectivity index (χ4n) is 0. The van der Waals surface area contributed by atoms with Crippen molar-refractivity contribution in [3.63, 3.8) is 0 Å². The zero-order chi connectivity index (χ0) is 9.00. The first-order valence-corrected chi connectivity index (χ1v) is 4.90. The van der Waals surface area contributed by atoms with E-state index in [1.54, 1.807) is 0 Å². The van der Waals surface area contributed by atoms with Gasteiger partial charge in [0.05, 0.1) is 0 Å². The zero-order valence-corrected chi connectivity index (χ0v) is 12.8. The molecule has 0 amide bonds. The maximum Gasteiger partial charge on any atom is 3.00 e. The first kappa shape index (κ1) is 29.5. The minimum Gasteiger partial charge on any atom is -0.894 e. The third kappa shape index (κ3) is 439. The molecule has 0 aliphatic rings. The van der Waals surface area contributed by atoms with Gasteiger partial charge in [-0.1, -0.05) is 0 Å². The Morgan fingerprint density at radius 1 is 0.538 bits per heavy atom. The number of hydrogen-bond acceptors (Lipinski definition) is 8. The van der Waals surface area contributed by atoms with Gasteiger partial charge in [-0.15, -0.1) is 0 Å². The van der Waals surface area contributed by atoms with Crippen LogP contribution < -0.4 is 38.4 Å². The summed E-state index contributed by atoms with van der Waals surface area (Å²) in [5, 5.41) is 0. The molecule has 0 saturated carbocycles. The summed E-state index contributed by atoms with van der Waals surface area (Å²) >= 11 is 0. The predicted octanol–water partition coefficient (Wildman–Crippen LogP) is -11.4. The van der Waals surface area contributed by atoms with Gasteiger partial charge < -0.3 is 56.5 Å². The molecule has 0 aromatic rings. The summed E-state index contributed by atoms with van der Waals surface area (Å²) in [6, 6.07) is 0. The van der Waals surface area contributed by atoms with Gasteiger partial charge in [-0.05, 0) is 0 Å². The van der Waals surface area contributed by atoms with Crippen molar-refractivity contribution in [1.82, 2.24) is 0 Å². The van der Waals surface area contributed by atoms with Crippen LogP contribution in [0.2, 0.25) is 0 Å². The van der Waals surface area contributed by atoms with Gasteiger partial charge in [0, 0.05) is 0 Å². The first-order valence-electron chi connectivity index (χ1n) is 1.63. The molecule has 0 saturated heterocycles. The topological polar surface area (TPSA) is 184 Å². The van der Waals surface area contributed by atoms with E-state index < -0.39 is 18.1 Å². The van der Waals surface area contributed by atoms with Crippen LogP contribution in [0.5, 0.6) is 0 Å². The number of rotatable bonds is 0. The summed E-state index contributed by atoms with van der Waals surface area (Å²) in [7, 11) is -11.2. The molecular weight excluding hydrogens is 310 g/mol. The van der Waals surface area contributed by atoms with E-state index in [1.165, 1.54) is 0 Å². The molecule has 0 unspecified atom stereocenters. The van der Waals surface area contributed by atoms with Crippen molar-refractivity contribution in [3.8, 4) is 0 Å². The van der Waals surface area contributed by atoms with Crippen LogP contribution in [-0.4, -0.2) is 89.4 Å². The Labute approximate surface area is 126 Å². The summed E-state index contributed by atoms with van der Waals surface area (Å²) in [5.41, 5.74) is 0. The Kier molecular flexibility index (Phi) is 27.8. The molecule has 0 bridgehead atoms. The van der Waals surface area contributed by atoms with Gasteiger partial charge >= 0.3 is 71.3 Å². The second-order valence-electron chi connectivity index (χ2n) is 1.00. The maximum atomic E-state index is 8.58. The molecule has 0 spiro atoms. The van der Waals surface area contributed by atoms with Crippen LogP contribution in [0.25, 0.3) is 0 Å². The smallest absolute Gasteiger partial charge is 0.894 e. The van der Waals surface area contributed by atoms with Gasteiger partial charge in [-0.25, -0.2) is 0 Å². The van der Waals surface area contributed by atoms with Crippen LogP contribution in [-0.2, 0) is 0 Å². The first-order chi connectivity index (χ1) is 4.00. The Morgan fingerprint density at radius 2 is 0.538 bits per heavy atom. The van der Waals surface area contributed by atoms with Crippen molar-refractivity contribution in [2.24, 2.45) is 0 Å². The summed E-state index contributed by atoms with van der Waals surface area (Å²) in [6.07, 6.45) is 0. The van der Waals surface area contributed by atoms with E-state index in [0.29, 0.717) is 0 Å². The molecule has 0 aliphatic carbocycles. The van der Waals surface area contributed by atoms with Gasteiger partial charge in [0.1, 0.15) is 0 Å². The van der Waals surface area contributed by atoms with Crippen LogP contribution in [0.1, 0.15) is 0 Å². The Morgan fingerprint density at radius 3 is 0.538 bits per heavy atom. The molecule has 0 radical (unpaired) electrons. The quantitative estimate of drug-likeness (QED) is 0.394. The van der Waals surface area contributed by atoms with Crippen molar-refractivity contribution in [1.29, 1.82) is 0 Å². The average Bonchev–Trinajstić information content (AvgIpc) is 1.12. The summed E-state index contributed by atoms with van der Waals surface area (Å²) in [5.74, 6) is 0. The Balaban J connectivity index is -0.0000000267. The fraction of sp³-hybridized carbons (Fsp3) is 0. The third-order valence-corrected chi connectivity index (χ3v) is 0. The molecular formula is AlBO8Si2Sr. The van der Waals surface area contributed by atoms with Crippen molar-refractivity contribution in [2.45, 2.75) is 0 Å². The summed E-state index contributed by atoms with van der Waals surface area (Å²) in [6.45, 7) is 0. The molecule has 0 N–H and O–H groups in total. The van der Waals surface area contributed by atoms with E-state index in [-0.39, 0.29) is 71.3 Å². The Hall–Kier alpha value is 2.19. The monoisotopic (exact) mass is 310 g/mol.